The van der Waals surface area contributed by atoms with E-state index in [1.54, 1.807) is 43.2 Å². The number of methoxy groups -OCH3 is 1. The molecular weight excluding hydrogens is 506 g/mol. The number of hydrogen-bond acceptors (Lipinski definition) is 5. The average Bonchev–Trinajstić information content (AvgIpc) is 2.82. The predicted molar refractivity (Wildman–Crippen MR) is 134 cm³/mol. The molecule has 0 radical (unpaired) electrons. The Hall–Kier alpha value is -2.20. The molecule has 7 nitrogen and oxygen atoms in total. The molecule has 1 heterocycles. The number of nitrogens with zero attached hydrogens (tertiary/aromatic N) is 3. The summed E-state index contributed by atoms with van der Waals surface area (Å²) < 4.78 is 33.5. The van der Waals surface area contributed by atoms with Crippen molar-refractivity contribution in [3.8, 4) is 5.75 Å². The second-order valence-corrected chi connectivity index (χ2v) is 10.7. The minimum Gasteiger partial charge on any atom is -0.496 e. The van der Waals surface area contributed by atoms with E-state index < -0.39 is 10.0 Å². The van der Waals surface area contributed by atoms with E-state index in [0.717, 1.165) is 15.8 Å². The highest BCUT2D eigenvalue weighted by Gasteiger charge is 2.28. The smallest absolute Gasteiger partial charge is 0.243 e. The summed E-state index contributed by atoms with van der Waals surface area (Å²) in [5.41, 5.74) is 0.964. The maximum atomic E-state index is 12.9. The quantitative estimate of drug-likeness (QED) is 0.492. The maximum Gasteiger partial charge on any atom is 0.243 e. The Morgan fingerprint density at radius 3 is 2.39 bits per heavy atom. The lowest BCUT2D eigenvalue weighted by Gasteiger charge is -2.35. The Morgan fingerprint density at radius 1 is 1.09 bits per heavy atom. The van der Waals surface area contributed by atoms with E-state index in [0.29, 0.717) is 50.7 Å². The number of ether oxygens (including phenoxy) is 1. The summed E-state index contributed by atoms with van der Waals surface area (Å²) in [4.78, 5) is 16.4. The van der Waals surface area contributed by atoms with Crippen LogP contribution in [0.5, 0.6) is 5.75 Å². The molecule has 1 aliphatic heterocycles. The third-order valence-electron chi connectivity index (χ3n) is 5.68. The molecule has 3 rings (SSSR count). The second kappa shape index (κ2) is 11.8. The third kappa shape index (κ3) is 6.89. The van der Waals surface area contributed by atoms with Crippen molar-refractivity contribution in [1.82, 2.24) is 14.1 Å². The van der Waals surface area contributed by atoms with Crippen molar-refractivity contribution in [2.24, 2.45) is 0 Å². The molecule has 0 unspecified atom stereocenters. The molecule has 0 aromatic heterocycles. The topological polar surface area (TPSA) is 70.2 Å². The highest BCUT2D eigenvalue weighted by molar-refractivity contribution is 9.10. The predicted octanol–water partition coefficient (Wildman–Crippen LogP) is 3.33. The monoisotopic (exact) mass is 535 g/mol. The zero-order valence-corrected chi connectivity index (χ0v) is 21.4. The van der Waals surface area contributed by atoms with E-state index in [1.165, 1.54) is 4.31 Å². The Labute approximate surface area is 204 Å². The summed E-state index contributed by atoms with van der Waals surface area (Å²) in [6, 6.07) is 14.4. The number of amides is 1. The standard InChI is InChI=1S/C24H30BrN3O4S/c1-20(29)27(13-5-7-21-6-3-4-8-24(21)32-2)17-14-26-15-18-28(19-16-26)33(30,31)23-11-9-22(25)10-12-23/h3-12H,13-19H2,1-2H3/b7-5+. The van der Waals surface area contributed by atoms with Gasteiger partial charge in [0, 0.05) is 62.8 Å². The van der Waals surface area contributed by atoms with Gasteiger partial charge in [-0.2, -0.15) is 4.31 Å². The van der Waals surface area contributed by atoms with Gasteiger partial charge in [0.2, 0.25) is 15.9 Å². The van der Waals surface area contributed by atoms with E-state index in [9.17, 15) is 13.2 Å². The first-order chi connectivity index (χ1) is 15.8. The van der Waals surface area contributed by atoms with Crippen molar-refractivity contribution < 1.29 is 17.9 Å². The molecule has 178 valence electrons. The lowest BCUT2D eigenvalue weighted by Crippen LogP contribution is -2.50. The first-order valence-electron chi connectivity index (χ1n) is 10.8. The second-order valence-electron chi connectivity index (χ2n) is 7.81. The number of carbonyl (C=O) groups excluding carboxylic acids is 1. The van der Waals surface area contributed by atoms with Gasteiger partial charge in [0.05, 0.1) is 12.0 Å². The zero-order chi connectivity index (χ0) is 23.8. The van der Waals surface area contributed by atoms with Gasteiger partial charge in [0.25, 0.3) is 0 Å². The van der Waals surface area contributed by atoms with Crippen molar-refractivity contribution in [1.29, 1.82) is 0 Å². The van der Waals surface area contributed by atoms with Gasteiger partial charge in [-0.05, 0) is 30.3 Å². The van der Waals surface area contributed by atoms with Gasteiger partial charge in [0.15, 0.2) is 0 Å². The molecule has 2 aromatic carbocycles. The van der Waals surface area contributed by atoms with Gasteiger partial charge < -0.3 is 9.64 Å². The molecule has 33 heavy (non-hydrogen) atoms. The van der Waals surface area contributed by atoms with Gasteiger partial charge in [-0.1, -0.05) is 46.3 Å². The van der Waals surface area contributed by atoms with Crippen molar-refractivity contribution in [3.63, 3.8) is 0 Å². The van der Waals surface area contributed by atoms with Crippen LogP contribution in [-0.4, -0.2) is 81.4 Å². The van der Waals surface area contributed by atoms with Crippen molar-refractivity contribution in [3.05, 3.63) is 64.6 Å². The molecule has 0 spiro atoms. The van der Waals surface area contributed by atoms with Crippen molar-refractivity contribution in [2.75, 3.05) is 52.9 Å². The molecule has 0 saturated carbocycles. The van der Waals surface area contributed by atoms with E-state index >= 15 is 0 Å². The van der Waals surface area contributed by atoms with E-state index in [1.807, 2.05) is 36.4 Å². The first kappa shape index (κ1) is 25.4. The van der Waals surface area contributed by atoms with Gasteiger partial charge in [-0.15, -0.1) is 0 Å². The number of hydrogen-bond donors (Lipinski definition) is 0. The SMILES string of the molecule is COc1ccccc1/C=C/CN(CCN1CCN(S(=O)(=O)c2ccc(Br)cc2)CC1)C(C)=O. The fraction of sp³-hybridized carbons (Fsp3) is 0.375. The minimum absolute atomic E-state index is 0.0103. The Balaban J connectivity index is 1.50. The van der Waals surface area contributed by atoms with Crippen LogP contribution in [0.15, 0.2) is 64.0 Å². The molecule has 0 N–H and O–H groups in total. The number of carbonyl (C=O) groups is 1. The van der Waals surface area contributed by atoms with Crippen molar-refractivity contribution >= 4 is 37.9 Å². The summed E-state index contributed by atoms with van der Waals surface area (Å²) in [5, 5.41) is 0. The van der Waals surface area contributed by atoms with E-state index in [2.05, 4.69) is 20.8 Å². The van der Waals surface area contributed by atoms with E-state index in [-0.39, 0.29) is 5.91 Å². The number of sulfonamides is 1. The first-order valence-corrected chi connectivity index (χ1v) is 13.1. The summed E-state index contributed by atoms with van der Waals surface area (Å²) >= 11 is 3.34. The summed E-state index contributed by atoms with van der Waals surface area (Å²) in [6.07, 6.45) is 3.92. The molecule has 9 heteroatoms. The van der Waals surface area contributed by atoms with Crippen LogP contribution >= 0.6 is 15.9 Å². The maximum absolute atomic E-state index is 12.9. The van der Waals surface area contributed by atoms with Crippen LogP contribution in [0.3, 0.4) is 0 Å². The van der Waals surface area contributed by atoms with Crippen LogP contribution in [0.1, 0.15) is 12.5 Å². The number of piperazine rings is 1. The number of benzene rings is 2. The zero-order valence-electron chi connectivity index (χ0n) is 19.0. The van der Waals surface area contributed by atoms with Crippen LogP contribution in [0.25, 0.3) is 6.08 Å². The minimum atomic E-state index is -3.49. The van der Waals surface area contributed by atoms with Gasteiger partial charge >= 0.3 is 0 Å². The highest BCUT2D eigenvalue weighted by Crippen LogP contribution is 2.20. The molecule has 2 aromatic rings. The molecule has 1 aliphatic rings. The van der Waals surface area contributed by atoms with Crippen LogP contribution in [0.2, 0.25) is 0 Å². The van der Waals surface area contributed by atoms with Gasteiger partial charge in [-0.3, -0.25) is 9.69 Å². The fourth-order valence-corrected chi connectivity index (χ4v) is 5.39. The fourth-order valence-electron chi connectivity index (χ4n) is 3.70. The van der Waals surface area contributed by atoms with Crippen LogP contribution in [-0.2, 0) is 14.8 Å². The molecule has 1 saturated heterocycles. The van der Waals surface area contributed by atoms with Crippen LogP contribution in [0.4, 0.5) is 0 Å². The highest BCUT2D eigenvalue weighted by atomic mass is 79.9. The number of para-hydroxylation sites is 1. The molecular formula is C24H30BrN3O4S. The Bertz CT molecular complexity index is 1070. The Kier molecular flexibility index (Phi) is 9.08. The molecule has 0 bridgehead atoms. The molecule has 1 fully saturated rings. The number of rotatable bonds is 9. The van der Waals surface area contributed by atoms with Gasteiger partial charge in [-0.25, -0.2) is 8.42 Å². The largest absolute Gasteiger partial charge is 0.496 e. The van der Waals surface area contributed by atoms with E-state index in [4.69, 9.17) is 4.74 Å². The Morgan fingerprint density at radius 2 is 1.76 bits per heavy atom. The summed E-state index contributed by atoms with van der Waals surface area (Å²) in [7, 11) is -1.85. The molecule has 1 amide bonds. The van der Waals surface area contributed by atoms with Gasteiger partial charge in [0.1, 0.15) is 5.75 Å². The third-order valence-corrected chi connectivity index (χ3v) is 8.12. The average molecular weight is 536 g/mol. The molecule has 0 aliphatic carbocycles. The summed E-state index contributed by atoms with van der Waals surface area (Å²) in [6.45, 7) is 5.51. The van der Waals surface area contributed by atoms with Crippen LogP contribution in [0, 0.1) is 0 Å². The molecule has 0 atom stereocenters. The lowest BCUT2D eigenvalue weighted by molar-refractivity contribution is -0.128. The summed E-state index contributed by atoms with van der Waals surface area (Å²) in [5.74, 6) is 0.801. The van der Waals surface area contributed by atoms with Crippen LogP contribution < -0.4 is 4.74 Å². The normalized spacial score (nSPS) is 15.6. The van der Waals surface area contributed by atoms with Crippen molar-refractivity contribution in [2.45, 2.75) is 11.8 Å². The number of halogens is 1. The lowest BCUT2D eigenvalue weighted by atomic mass is 10.2.